The molecular formula is C17H25NO. The van der Waals surface area contributed by atoms with E-state index in [2.05, 4.69) is 52.9 Å². The molecule has 0 spiro atoms. The lowest BCUT2D eigenvalue weighted by Gasteiger charge is -2.05. The Morgan fingerprint density at radius 1 is 1.05 bits per heavy atom. The fourth-order valence-corrected chi connectivity index (χ4v) is 2.63. The van der Waals surface area contributed by atoms with Crippen LogP contribution in [0, 0.1) is 33.6 Å². The molecule has 0 aliphatic rings. The molecule has 0 saturated carbocycles. The van der Waals surface area contributed by atoms with Crippen LogP contribution in [0.25, 0.3) is 11.0 Å². The molecule has 1 aromatic heterocycles. The Morgan fingerprint density at radius 2 is 1.74 bits per heavy atom. The molecule has 1 N–H and O–H groups in total. The van der Waals surface area contributed by atoms with E-state index in [1.165, 1.54) is 27.6 Å². The zero-order valence-corrected chi connectivity index (χ0v) is 13.0. The second-order valence-corrected chi connectivity index (χ2v) is 6.01. The van der Waals surface area contributed by atoms with Gasteiger partial charge in [0.1, 0.15) is 11.3 Å². The highest BCUT2D eigenvalue weighted by atomic mass is 16.3. The summed E-state index contributed by atoms with van der Waals surface area (Å²) in [6.45, 7) is 14.9. The quantitative estimate of drug-likeness (QED) is 0.879. The third kappa shape index (κ3) is 2.69. The minimum absolute atomic E-state index is 0.662. The van der Waals surface area contributed by atoms with E-state index in [-0.39, 0.29) is 0 Å². The monoisotopic (exact) mass is 259 g/mol. The number of rotatable bonds is 4. The maximum Gasteiger partial charge on any atom is 0.138 e. The zero-order chi connectivity index (χ0) is 14.2. The third-order valence-electron chi connectivity index (χ3n) is 3.84. The third-order valence-corrected chi connectivity index (χ3v) is 3.84. The van der Waals surface area contributed by atoms with Crippen molar-refractivity contribution in [3.63, 3.8) is 0 Å². The first kappa shape index (κ1) is 14.1. The molecule has 0 saturated heterocycles. The molecule has 19 heavy (non-hydrogen) atoms. The van der Waals surface area contributed by atoms with Gasteiger partial charge in [0.05, 0.1) is 6.54 Å². The summed E-state index contributed by atoms with van der Waals surface area (Å²) in [6.07, 6.45) is 0. The lowest BCUT2D eigenvalue weighted by atomic mass is 10.00. The topological polar surface area (TPSA) is 25.2 Å². The van der Waals surface area contributed by atoms with Gasteiger partial charge in [0, 0.05) is 5.39 Å². The minimum atomic E-state index is 0.662. The van der Waals surface area contributed by atoms with Crippen molar-refractivity contribution >= 4 is 11.0 Å². The van der Waals surface area contributed by atoms with Crippen LogP contribution in [-0.2, 0) is 6.54 Å². The number of hydrogen-bond donors (Lipinski definition) is 1. The van der Waals surface area contributed by atoms with Crippen molar-refractivity contribution in [3.05, 3.63) is 34.1 Å². The average molecular weight is 259 g/mol. The molecule has 2 aromatic rings. The molecular weight excluding hydrogens is 234 g/mol. The summed E-state index contributed by atoms with van der Waals surface area (Å²) in [7, 11) is 0. The van der Waals surface area contributed by atoms with Crippen molar-refractivity contribution in [1.82, 2.24) is 5.32 Å². The van der Waals surface area contributed by atoms with E-state index >= 15 is 0 Å². The van der Waals surface area contributed by atoms with Crippen LogP contribution in [0.2, 0.25) is 0 Å². The second-order valence-electron chi connectivity index (χ2n) is 6.01. The van der Waals surface area contributed by atoms with Crippen LogP contribution < -0.4 is 5.32 Å². The van der Waals surface area contributed by atoms with Crippen molar-refractivity contribution in [2.45, 2.75) is 48.1 Å². The molecule has 0 atom stereocenters. The van der Waals surface area contributed by atoms with Crippen LogP contribution in [0.1, 0.15) is 41.9 Å². The van der Waals surface area contributed by atoms with Gasteiger partial charge in [-0.15, -0.1) is 0 Å². The van der Waals surface area contributed by atoms with Gasteiger partial charge in [0.25, 0.3) is 0 Å². The molecule has 0 unspecified atom stereocenters. The van der Waals surface area contributed by atoms with E-state index in [9.17, 15) is 0 Å². The van der Waals surface area contributed by atoms with Crippen LogP contribution in [-0.4, -0.2) is 6.54 Å². The summed E-state index contributed by atoms with van der Waals surface area (Å²) in [5, 5.41) is 4.76. The molecule has 104 valence electrons. The van der Waals surface area contributed by atoms with E-state index in [1.54, 1.807) is 0 Å². The van der Waals surface area contributed by atoms with Gasteiger partial charge in [-0.25, -0.2) is 0 Å². The summed E-state index contributed by atoms with van der Waals surface area (Å²) in [5.41, 5.74) is 6.23. The van der Waals surface area contributed by atoms with Gasteiger partial charge in [0.2, 0.25) is 0 Å². The van der Waals surface area contributed by atoms with E-state index in [1.807, 2.05) is 0 Å². The summed E-state index contributed by atoms with van der Waals surface area (Å²) in [5.74, 6) is 1.74. The minimum Gasteiger partial charge on any atom is -0.459 e. The highest BCUT2D eigenvalue weighted by Crippen LogP contribution is 2.32. The lowest BCUT2D eigenvalue weighted by molar-refractivity contribution is 0.482. The molecule has 0 radical (unpaired) electrons. The van der Waals surface area contributed by atoms with Crippen molar-refractivity contribution in [1.29, 1.82) is 0 Å². The molecule has 0 amide bonds. The number of benzene rings is 1. The number of fused-ring (bicyclic) bond motifs is 1. The summed E-state index contributed by atoms with van der Waals surface area (Å²) < 4.78 is 6.11. The number of furan rings is 1. The largest absolute Gasteiger partial charge is 0.459 e. The summed E-state index contributed by atoms with van der Waals surface area (Å²) in [6, 6.07) is 2.26. The second kappa shape index (κ2) is 5.38. The number of hydrogen-bond acceptors (Lipinski definition) is 2. The molecule has 2 heteroatoms. The van der Waals surface area contributed by atoms with Crippen LogP contribution in [0.3, 0.4) is 0 Å². The molecule has 0 bridgehead atoms. The van der Waals surface area contributed by atoms with E-state index in [0.29, 0.717) is 5.92 Å². The Bertz CT molecular complexity index is 593. The zero-order valence-electron chi connectivity index (χ0n) is 13.0. The summed E-state index contributed by atoms with van der Waals surface area (Å²) in [4.78, 5) is 0. The first-order chi connectivity index (χ1) is 8.91. The average Bonchev–Trinajstić information content (AvgIpc) is 2.64. The van der Waals surface area contributed by atoms with Crippen molar-refractivity contribution in [2.75, 3.05) is 6.54 Å². The fraction of sp³-hybridized carbons (Fsp3) is 0.529. The molecule has 0 aliphatic heterocycles. The van der Waals surface area contributed by atoms with Crippen molar-refractivity contribution in [3.8, 4) is 0 Å². The first-order valence-corrected chi connectivity index (χ1v) is 7.11. The first-order valence-electron chi connectivity index (χ1n) is 7.11. The Morgan fingerprint density at radius 3 is 2.37 bits per heavy atom. The van der Waals surface area contributed by atoms with E-state index in [0.717, 1.165) is 24.4 Å². The molecule has 1 heterocycles. The Hall–Kier alpha value is -1.28. The van der Waals surface area contributed by atoms with Gasteiger partial charge >= 0.3 is 0 Å². The van der Waals surface area contributed by atoms with E-state index in [4.69, 9.17) is 4.42 Å². The Balaban J connectivity index is 2.39. The lowest BCUT2D eigenvalue weighted by Crippen LogP contribution is -2.18. The van der Waals surface area contributed by atoms with E-state index < -0.39 is 0 Å². The maximum absolute atomic E-state index is 6.11. The SMILES string of the molecule is Cc1cc(C)c2c(C)c(CNCC(C)C)oc2c1C. The predicted octanol–water partition coefficient (Wildman–Crippen LogP) is 4.41. The maximum atomic E-state index is 6.11. The number of nitrogens with one attached hydrogen (secondary N) is 1. The van der Waals surface area contributed by atoms with Crippen LogP contribution in [0.5, 0.6) is 0 Å². The fourth-order valence-electron chi connectivity index (χ4n) is 2.63. The normalized spacial score (nSPS) is 11.7. The van der Waals surface area contributed by atoms with Crippen LogP contribution >= 0.6 is 0 Å². The molecule has 2 nitrogen and oxygen atoms in total. The molecule has 1 aromatic carbocycles. The number of aryl methyl sites for hydroxylation is 4. The Labute approximate surface area is 116 Å². The van der Waals surface area contributed by atoms with Crippen molar-refractivity contribution < 1.29 is 4.42 Å². The van der Waals surface area contributed by atoms with Gasteiger partial charge in [-0.05, 0) is 62.4 Å². The van der Waals surface area contributed by atoms with Crippen molar-refractivity contribution in [2.24, 2.45) is 5.92 Å². The van der Waals surface area contributed by atoms with Gasteiger partial charge in [0.15, 0.2) is 0 Å². The van der Waals surface area contributed by atoms with Gasteiger partial charge in [-0.2, -0.15) is 0 Å². The highest BCUT2D eigenvalue weighted by molar-refractivity contribution is 5.88. The van der Waals surface area contributed by atoms with Crippen LogP contribution in [0.15, 0.2) is 10.5 Å². The predicted molar refractivity (Wildman–Crippen MR) is 81.7 cm³/mol. The van der Waals surface area contributed by atoms with Crippen LogP contribution in [0.4, 0.5) is 0 Å². The molecule has 0 fully saturated rings. The smallest absolute Gasteiger partial charge is 0.138 e. The van der Waals surface area contributed by atoms with Gasteiger partial charge < -0.3 is 9.73 Å². The Kier molecular flexibility index (Phi) is 4.00. The summed E-state index contributed by atoms with van der Waals surface area (Å²) >= 11 is 0. The highest BCUT2D eigenvalue weighted by Gasteiger charge is 2.15. The standard InChI is InChI=1S/C17H25NO/c1-10(2)8-18-9-15-14(6)16-12(4)7-11(3)13(5)17(16)19-15/h7,10,18H,8-9H2,1-6H3. The molecule has 2 rings (SSSR count). The van der Waals surface area contributed by atoms with Gasteiger partial charge in [-0.3, -0.25) is 0 Å². The molecule has 0 aliphatic carbocycles. The van der Waals surface area contributed by atoms with Gasteiger partial charge in [-0.1, -0.05) is 19.9 Å².